The van der Waals surface area contributed by atoms with Crippen LogP contribution in [0.25, 0.3) is 0 Å². The molecule has 4 aliphatic rings. The topological polar surface area (TPSA) is 78.7 Å². The minimum Gasteiger partial charge on any atom is -0.483 e. The van der Waals surface area contributed by atoms with Crippen molar-refractivity contribution in [1.29, 1.82) is 0 Å². The van der Waals surface area contributed by atoms with Crippen LogP contribution in [0.2, 0.25) is 0 Å². The highest BCUT2D eigenvalue weighted by molar-refractivity contribution is 5.95. The Labute approximate surface area is 192 Å². The lowest BCUT2D eigenvalue weighted by atomic mass is 9.69. The van der Waals surface area contributed by atoms with Crippen molar-refractivity contribution in [3.05, 3.63) is 17.5 Å². The number of hydrogen-bond donors (Lipinski definition) is 1. The van der Waals surface area contributed by atoms with Gasteiger partial charge in [-0.25, -0.2) is 0 Å². The summed E-state index contributed by atoms with van der Waals surface area (Å²) in [5.74, 6) is 2.45. The smallest absolute Gasteiger partial charge is 0.290 e. The number of aryl methyl sites for hydroxylation is 1. The molecule has 4 heterocycles. The van der Waals surface area contributed by atoms with Gasteiger partial charge in [0.1, 0.15) is 0 Å². The van der Waals surface area contributed by atoms with E-state index in [1.165, 1.54) is 70.8 Å². The van der Waals surface area contributed by atoms with Gasteiger partial charge in [0.05, 0.1) is 11.8 Å². The number of carbonyl (C=O) groups excluding carboxylic acids is 1. The van der Waals surface area contributed by atoms with Crippen LogP contribution in [-0.4, -0.2) is 68.8 Å². The maximum atomic E-state index is 13.4. The van der Waals surface area contributed by atoms with E-state index in [0.717, 1.165) is 30.3 Å². The van der Waals surface area contributed by atoms with Gasteiger partial charge in [-0.2, -0.15) is 5.10 Å². The Morgan fingerprint density at radius 2 is 1.81 bits per heavy atom. The van der Waals surface area contributed by atoms with Crippen LogP contribution in [0.3, 0.4) is 0 Å². The lowest BCUT2D eigenvalue weighted by Crippen LogP contribution is -2.64. The summed E-state index contributed by atoms with van der Waals surface area (Å²) in [6.07, 6.45) is 15.7. The summed E-state index contributed by atoms with van der Waals surface area (Å²) < 4.78 is 1.83. The average Bonchev–Trinajstić information content (AvgIpc) is 3.15. The van der Waals surface area contributed by atoms with Crippen LogP contribution in [0.15, 0.2) is 6.20 Å². The Balaban J connectivity index is 0.000000775. The molecule has 7 heteroatoms. The fourth-order valence-corrected chi connectivity index (χ4v) is 7.04. The number of nitrogens with zero attached hydrogens (tertiary/aromatic N) is 4. The first kappa shape index (κ1) is 23.3. The highest BCUT2D eigenvalue weighted by Crippen LogP contribution is 2.44. The van der Waals surface area contributed by atoms with Gasteiger partial charge in [0.2, 0.25) is 0 Å². The number of piperidine rings is 3. The molecule has 1 aromatic heterocycles. The molecule has 1 amide bonds. The van der Waals surface area contributed by atoms with Gasteiger partial charge in [-0.1, -0.05) is 38.5 Å². The van der Waals surface area contributed by atoms with E-state index < -0.39 is 0 Å². The Kier molecular flexibility index (Phi) is 7.54. The minimum atomic E-state index is -0.250. The summed E-state index contributed by atoms with van der Waals surface area (Å²) in [6.45, 7) is 4.95. The van der Waals surface area contributed by atoms with Crippen molar-refractivity contribution in [2.45, 2.75) is 83.2 Å². The fourth-order valence-electron chi connectivity index (χ4n) is 7.04. The average molecular weight is 445 g/mol. The first-order valence-corrected chi connectivity index (χ1v) is 12.6. The predicted molar refractivity (Wildman–Crippen MR) is 123 cm³/mol. The molecule has 4 fully saturated rings. The summed E-state index contributed by atoms with van der Waals surface area (Å²) >= 11 is 0. The van der Waals surface area contributed by atoms with Crippen LogP contribution in [0, 0.1) is 24.7 Å². The van der Waals surface area contributed by atoms with Crippen molar-refractivity contribution in [1.82, 2.24) is 19.6 Å². The number of rotatable bonds is 3. The molecule has 5 rings (SSSR count). The van der Waals surface area contributed by atoms with Gasteiger partial charge < -0.3 is 10.0 Å². The molecule has 178 valence electrons. The Morgan fingerprint density at radius 3 is 2.50 bits per heavy atom. The lowest BCUT2D eigenvalue weighted by Gasteiger charge is -2.57. The molecule has 0 aromatic carbocycles. The number of carboxylic acid groups (broad SMARTS) is 1. The second-order valence-electron chi connectivity index (χ2n) is 10.4. The molecule has 1 aliphatic carbocycles. The lowest BCUT2D eigenvalue weighted by molar-refractivity contribution is -0.122. The molecule has 32 heavy (non-hydrogen) atoms. The third-order valence-electron chi connectivity index (χ3n) is 8.67. The van der Waals surface area contributed by atoms with Crippen LogP contribution in [0.4, 0.5) is 0 Å². The normalized spacial score (nSPS) is 30.8. The number of amides is 1. The third kappa shape index (κ3) is 4.73. The molecule has 1 N–H and O–H groups in total. The molecule has 0 spiro atoms. The van der Waals surface area contributed by atoms with E-state index in [1.807, 2.05) is 18.7 Å². The molecule has 7 nitrogen and oxygen atoms in total. The zero-order valence-electron chi connectivity index (χ0n) is 19.8. The van der Waals surface area contributed by atoms with Gasteiger partial charge >= 0.3 is 0 Å². The highest BCUT2D eigenvalue weighted by Gasteiger charge is 2.48. The first-order chi connectivity index (χ1) is 15.5. The molecule has 1 aromatic rings. The van der Waals surface area contributed by atoms with Crippen molar-refractivity contribution in [3.8, 4) is 0 Å². The molecule has 3 saturated heterocycles. The van der Waals surface area contributed by atoms with Gasteiger partial charge in [0, 0.05) is 37.9 Å². The fraction of sp³-hybridized carbons (Fsp3) is 0.800. The molecule has 2 bridgehead atoms. The second-order valence-corrected chi connectivity index (χ2v) is 10.4. The number of likely N-dealkylation sites (tertiary alicyclic amines) is 1. The summed E-state index contributed by atoms with van der Waals surface area (Å²) in [6, 6.07) is 1.41. The first-order valence-electron chi connectivity index (χ1n) is 12.6. The van der Waals surface area contributed by atoms with Crippen LogP contribution in [0.1, 0.15) is 80.3 Å². The Morgan fingerprint density at radius 1 is 1.12 bits per heavy atom. The van der Waals surface area contributed by atoms with Gasteiger partial charge in [-0.15, -0.1) is 0 Å². The van der Waals surface area contributed by atoms with Crippen molar-refractivity contribution in [3.63, 3.8) is 0 Å². The zero-order valence-corrected chi connectivity index (χ0v) is 19.8. The molecule has 0 unspecified atom stereocenters. The maximum Gasteiger partial charge on any atom is 0.290 e. The molecule has 3 aliphatic heterocycles. The molecule has 4 atom stereocenters. The van der Waals surface area contributed by atoms with E-state index in [2.05, 4.69) is 14.9 Å². The minimum absolute atomic E-state index is 0.214. The van der Waals surface area contributed by atoms with E-state index in [9.17, 15) is 4.79 Å². The van der Waals surface area contributed by atoms with Gasteiger partial charge in [0.25, 0.3) is 12.4 Å². The van der Waals surface area contributed by atoms with E-state index in [0.29, 0.717) is 23.9 Å². The molecular weight excluding hydrogens is 404 g/mol. The summed E-state index contributed by atoms with van der Waals surface area (Å²) in [4.78, 5) is 26.9. The van der Waals surface area contributed by atoms with Gasteiger partial charge in [-0.05, 0) is 56.9 Å². The number of fused-ring (bicyclic) bond motifs is 4. The van der Waals surface area contributed by atoms with Gasteiger partial charge in [-0.3, -0.25) is 19.2 Å². The van der Waals surface area contributed by atoms with Crippen molar-refractivity contribution < 1.29 is 14.7 Å². The van der Waals surface area contributed by atoms with E-state index in [-0.39, 0.29) is 12.4 Å². The molecule has 1 saturated carbocycles. The Hall–Kier alpha value is -1.89. The second kappa shape index (κ2) is 10.4. The third-order valence-corrected chi connectivity index (χ3v) is 8.67. The van der Waals surface area contributed by atoms with Crippen molar-refractivity contribution in [2.24, 2.45) is 24.8 Å². The van der Waals surface area contributed by atoms with Crippen LogP contribution < -0.4 is 0 Å². The Bertz CT molecular complexity index is 788. The standard InChI is InChI=1S/C24H38N4O.CH2O2/c1-17-21(14-25-26(17)2)24(29)27-15-19-13-20(16-27)23(12-18-8-4-3-5-9-18)28-11-7-6-10-22(19)28;2-1-3/h14,18-20,22-23H,3-13,15-16H2,1-2H3;1H,(H,2,3)/t19-,20+,22+,23+;/m1./s1. The van der Waals surface area contributed by atoms with Crippen molar-refractivity contribution >= 4 is 12.4 Å². The van der Waals surface area contributed by atoms with Crippen molar-refractivity contribution in [2.75, 3.05) is 19.6 Å². The monoisotopic (exact) mass is 444 g/mol. The van der Waals surface area contributed by atoms with Crippen LogP contribution in [-0.2, 0) is 11.8 Å². The largest absolute Gasteiger partial charge is 0.483 e. The van der Waals surface area contributed by atoms with Crippen LogP contribution in [0.5, 0.6) is 0 Å². The zero-order chi connectivity index (χ0) is 22.7. The maximum absolute atomic E-state index is 13.4. The predicted octanol–water partition coefficient (Wildman–Crippen LogP) is 3.71. The van der Waals surface area contributed by atoms with E-state index in [4.69, 9.17) is 9.90 Å². The number of carbonyl (C=O) groups is 2. The van der Waals surface area contributed by atoms with E-state index in [1.54, 1.807) is 6.20 Å². The summed E-state index contributed by atoms with van der Waals surface area (Å²) in [5, 5.41) is 11.2. The summed E-state index contributed by atoms with van der Waals surface area (Å²) in [5.41, 5.74) is 1.79. The molecule has 0 radical (unpaired) electrons. The molecular formula is C25H40N4O3. The number of aromatic nitrogens is 2. The summed E-state index contributed by atoms with van der Waals surface area (Å²) in [7, 11) is 1.93. The quantitative estimate of drug-likeness (QED) is 0.719. The highest BCUT2D eigenvalue weighted by atomic mass is 16.3. The van der Waals surface area contributed by atoms with E-state index >= 15 is 0 Å². The van der Waals surface area contributed by atoms with Crippen LogP contribution >= 0.6 is 0 Å². The van der Waals surface area contributed by atoms with Gasteiger partial charge in [0.15, 0.2) is 0 Å². The SMILES string of the molecule is Cc1c(C(=O)N2C[C@H]3C[C@@H](C2)[C@H](CC2CCCCC2)N2CCCC[C@@H]32)cnn1C.O=CO. The number of hydrogen-bond acceptors (Lipinski definition) is 4.